The molecule has 3 aromatic rings. The first-order valence-electron chi connectivity index (χ1n) is 6.82. The van der Waals surface area contributed by atoms with E-state index < -0.39 is 0 Å². The largest absolute Gasteiger partial charge is 0.367 e. The lowest BCUT2D eigenvalue weighted by Crippen LogP contribution is -2.28. The summed E-state index contributed by atoms with van der Waals surface area (Å²) in [6, 6.07) is 7.26. The van der Waals surface area contributed by atoms with Crippen LogP contribution in [-0.2, 0) is 0 Å². The van der Waals surface area contributed by atoms with Gasteiger partial charge in [-0.2, -0.15) is 4.98 Å². The highest BCUT2D eigenvalue weighted by atomic mass is 35.5. The molecule has 1 aromatic carbocycles. The van der Waals surface area contributed by atoms with E-state index in [1.807, 2.05) is 11.4 Å². The lowest BCUT2D eigenvalue weighted by molar-refractivity contribution is 0.0955. The zero-order chi connectivity index (χ0) is 16.2. The fourth-order valence-electron chi connectivity index (χ4n) is 2.02. The van der Waals surface area contributed by atoms with Crippen LogP contribution < -0.4 is 10.6 Å². The van der Waals surface area contributed by atoms with Crippen molar-refractivity contribution < 1.29 is 9.18 Å². The Morgan fingerprint density at radius 1 is 1.17 bits per heavy atom. The van der Waals surface area contributed by atoms with Gasteiger partial charge in [-0.15, -0.1) is 11.3 Å². The van der Waals surface area contributed by atoms with E-state index in [0.717, 1.165) is 10.2 Å². The third kappa shape index (κ3) is 3.75. The highest BCUT2D eigenvalue weighted by molar-refractivity contribution is 7.17. The maximum Gasteiger partial charge on any atom is 0.251 e. The molecule has 0 aliphatic carbocycles. The van der Waals surface area contributed by atoms with Crippen molar-refractivity contribution >= 4 is 44.9 Å². The molecule has 0 radical (unpaired) electrons. The molecule has 8 heteroatoms. The highest BCUT2D eigenvalue weighted by Gasteiger charge is 2.08. The van der Waals surface area contributed by atoms with Gasteiger partial charge in [-0.25, -0.2) is 9.37 Å². The van der Waals surface area contributed by atoms with E-state index >= 15 is 0 Å². The fraction of sp³-hybridized carbons (Fsp3) is 0.133. The summed E-state index contributed by atoms with van der Waals surface area (Å²) in [5, 5.41) is 7.97. The number of thiophene rings is 1. The average molecular weight is 351 g/mol. The second-order valence-electron chi connectivity index (χ2n) is 4.67. The van der Waals surface area contributed by atoms with E-state index in [1.54, 1.807) is 0 Å². The lowest BCUT2D eigenvalue weighted by atomic mass is 10.2. The monoisotopic (exact) mass is 350 g/mol. The molecule has 0 aliphatic rings. The van der Waals surface area contributed by atoms with Gasteiger partial charge in [0.15, 0.2) is 0 Å². The smallest absolute Gasteiger partial charge is 0.251 e. The number of carbonyl (C=O) groups excluding carboxylic acids is 1. The molecule has 0 atom stereocenters. The molecule has 0 unspecified atom stereocenters. The number of hydrogen-bond donors (Lipinski definition) is 2. The quantitative estimate of drug-likeness (QED) is 0.547. The van der Waals surface area contributed by atoms with Crippen molar-refractivity contribution in [2.45, 2.75) is 0 Å². The van der Waals surface area contributed by atoms with Gasteiger partial charge in [0.05, 0.1) is 10.2 Å². The van der Waals surface area contributed by atoms with E-state index in [4.69, 9.17) is 11.6 Å². The third-order valence-electron chi connectivity index (χ3n) is 3.09. The van der Waals surface area contributed by atoms with Gasteiger partial charge in [-0.1, -0.05) is 0 Å². The molecule has 23 heavy (non-hydrogen) atoms. The molecule has 118 valence electrons. The van der Waals surface area contributed by atoms with Gasteiger partial charge in [0.1, 0.15) is 11.6 Å². The molecule has 2 N–H and O–H groups in total. The van der Waals surface area contributed by atoms with Crippen LogP contribution in [0, 0.1) is 5.82 Å². The Bertz CT molecular complexity index is 837. The summed E-state index contributed by atoms with van der Waals surface area (Å²) in [5.74, 6) is 0.0173. The fourth-order valence-corrected chi connectivity index (χ4v) is 2.99. The van der Waals surface area contributed by atoms with Crippen LogP contribution in [0.4, 0.5) is 10.2 Å². The number of benzene rings is 1. The third-order valence-corrected chi connectivity index (χ3v) is 4.17. The van der Waals surface area contributed by atoms with Gasteiger partial charge in [-0.3, -0.25) is 4.79 Å². The lowest BCUT2D eigenvalue weighted by Gasteiger charge is -2.08. The first-order valence-corrected chi connectivity index (χ1v) is 8.07. The summed E-state index contributed by atoms with van der Waals surface area (Å²) in [7, 11) is 0. The second-order valence-corrected chi connectivity index (χ2v) is 5.92. The topological polar surface area (TPSA) is 66.9 Å². The van der Waals surface area contributed by atoms with Gasteiger partial charge in [0, 0.05) is 18.7 Å². The number of anilines is 1. The summed E-state index contributed by atoms with van der Waals surface area (Å²) in [6.07, 6.45) is 0. The Kier molecular flexibility index (Phi) is 4.68. The van der Waals surface area contributed by atoms with Gasteiger partial charge in [0.25, 0.3) is 5.91 Å². The van der Waals surface area contributed by atoms with Crippen LogP contribution >= 0.6 is 22.9 Å². The van der Waals surface area contributed by atoms with Crippen molar-refractivity contribution in [3.8, 4) is 0 Å². The number of halogens is 2. The van der Waals surface area contributed by atoms with E-state index in [9.17, 15) is 9.18 Å². The van der Waals surface area contributed by atoms with Crippen LogP contribution in [0.5, 0.6) is 0 Å². The Balaban J connectivity index is 1.56. The normalized spacial score (nSPS) is 10.7. The number of carbonyl (C=O) groups is 1. The van der Waals surface area contributed by atoms with Crippen LogP contribution in [0.3, 0.4) is 0 Å². The van der Waals surface area contributed by atoms with Gasteiger partial charge >= 0.3 is 0 Å². The first-order chi connectivity index (χ1) is 11.1. The summed E-state index contributed by atoms with van der Waals surface area (Å²) < 4.78 is 13.7. The zero-order valence-electron chi connectivity index (χ0n) is 11.8. The summed E-state index contributed by atoms with van der Waals surface area (Å²) in [4.78, 5) is 20.2. The van der Waals surface area contributed by atoms with E-state index in [0.29, 0.717) is 24.5 Å². The van der Waals surface area contributed by atoms with Gasteiger partial charge in [-0.05, 0) is 47.3 Å². The molecule has 0 saturated heterocycles. The predicted octanol–water partition coefficient (Wildman–Crippen LogP) is 3.33. The summed E-state index contributed by atoms with van der Waals surface area (Å²) >= 11 is 7.40. The second kappa shape index (κ2) is 6.89. The van der Waals surface area contributed by atoms with Crippen molar-refractivity contribution in [3.05, 3.63) is 52.4 Å². The minimum absolute atomic E-state index is 0.175. The summed E-state index contributed by atoms with van der Waals surface area (Å²) in [5.41, 5.74) is 1.20. The molecule has 0 bridgehead atoms. The Morgan fingerprint density at radius 3 is 2.74 bits per heavy atom. The van der Waals surface area contributed by atoms with Gasteiger partial charge in [0.2, 0.25) is 5.28 Å². The van der Waals surface area contributed by atoms with Crippen molar-refractivity contribution in [1.82, 2.24) is 15.3 Å². The number of aromatic nitrogens is 2. The number of nitrogens with zero attached hydrogens (tertiary/aromatic N) is 2. The predicted molar refractivity (Wildman–Crippen MR) is 89.6 cm³/mol. The van der Waals surface area contributed by atoms with Crippen LogP contribution in [-0.4, -0.2) is 29.0 Å². The molecular weight excluding hydrogens is 339 g/mol. The van der Waals surface area contributed by atoms with Crippen LogP contribution in [0.2, 0.25) is 5.28 Å². The maximum atomic E-state index is 12.8. The molecule has 0 spiro atoms. The minimum Gasteiger partial charge on any atom is -0.367 e. The van der Waals surface area contributed by atoms with Crippen molar-refractivity contribution in [2.24, 2.45) is 0 Å². The zero-order valence-corrected chi connectivity index (χ0v) is 13.4. The van der Waals surface area contributed by atoms with E-state index in [2.05, 4.69) is 20.6 Å². The Labute approximate surface area is 140 Å². The maximum absolute atomic E-state index is 12.8. The van der Waals surface area contributed by atoms with Crippen LogP contribution in [0.1, 0.15) is 10.4 Å². The molecule has 0 aliphatic heterocycles. The molecule has 2 aromatic heterocycles. The molecule has 3 rings (SSSR count). The number of hydrogen-bond acceptors (Lipinski definition) is 5. The molecule has 5 nitrogen and oxygen atoms in total. The van der Waals surface area contributed by atoms with Crippen molar-refractivity contribution in [1.29, 1.82) is 0 Å². The summed E-state index contributed by atoms with van der Waals surface area (Å²) in [6.45, 7) is 0.873. The van der Waals surface area contributed by atoms with Crippen LogP contribution in [0.25, 0.3) is 10.2 Å². The van der Waals surface area contributed by atoms with Crippen molar-refractivity contribution in [2.75, 3.05) is 18.4 Å². The standard InChI is InChI=1S/C15H12ClFN4OS/c16-15-20-11-5-8-23-12(11)13(21-15)18-6-7-19-14(22)9-1-3-10(17)4-2-9/h1-5,8H,6-7H2,(H,19,22)(H,18,20,21). The van der Waals surface area contributed by atoms with Crippen LogP contribution in [0.15, 0.2) is 35.7 Å². The number of fused-ring (bicyclic) bond motifs is 1. The number of nitrogens with one attached hydrogen (secondary N) is 2. The molecule has 0 fully saturated rings. The molecule has 2 heterocycles. The number of amides is 1. The molecule has 1 amide bonds. The SMILES string of the molecule is O=C(NCCNc1nc(Cl)nc2ccsc12)c1ccc(F)cc1. The highest BCUT2D eigenvalue weighted by Crippen LogP contribution is 2.26. The average Bonchev–Trinajstić information content (AvgIpc) is 3.00. The Hall–Kier alpha value is -2.25. The Morgan fingerprint density at radius 2 is 1.96 bits per heavy atom. The minimum atomic E-state index is -0.371. The number of rotatable bonds is 5. The first kappa shape index (κ1) is 15.6. The molecular formula is C15H12ClFN4OS. The van der Waals surface area contributed by atoms with E-state index in [1.165, 1.54) is 35.6 Å². The van der Waals surface area contributed by atoms with Gasteiger partial charge < -0.3 is 10.6 Å². The molecule has 0 saturated carbocycles. The van der Waals surface area contributed by atoms with Crippen molar-refractivity contribution in [3.63, 3.8) is 0 Å². The van der Waals surface area contributed by atoms with E-state index in [-0.39, 0.29) is 17.0 Å².